The first-order valence-electron chi connectivity index (χ1n) is 7.15. The van der Waals surface area contributed by atoms with E-state index in [1.807, 2.05) is 73.6 Å². The van der Waals surface area contributed by atoms with Crippen LogP contribution >= 0.6 is 0 Å². The topological polar surface area (TPSA) is 47.3 Å². The molecule has 3 aromatic rings. The van der Waals surface area contributed by atoms with Crippen LogP contribution in [0.1, 0.15) is 11.1 Å². The van der Waals surface area contributed by atoms with E-state index in [0.717, 1.165) is 22.0 Å². The summed E-state index contributed by atoms with van der Waals surface area (Å²) in [5.41, 5.74) is 2.78. The van der Waals surface area contributed by atoms with Gasteiger partial charge in [0.1, 0.15) is 5.75 Å². The summed E-state index contributed by atoms with van der Waals surface area (Å²) >= 11 is 0. The predicted molar refractivity (Wildman–Crippen MR) is 92.3 cm³/mol. The van der Waals surface area contributed by atoms with Crippen LogP contribution in [-0.4, -0.2) is 24.9 Å². The summed E-state index contributed by atoms with van der Waals surface area (Å²) < 4.78 is 0. The summed E-state index contributed by atoms with van der Waals surface area (Å²) in [6.07, 6.45) is 0. The van der Waals surface area contributed by atoms with Gasteiger partial charge in [0.15, 0.2) is 0 Å². The molecule has 3 rings (SSSR count). The summed E-state index contributed by atoms with van der Waals surface area (Å²) in [6, 6.07) is 19.1. The van der Waals surface area contributed by atoms with Gasteiger partial charge in [-0.15, -0.1) is 0 Å². The Morgan fingerprint density at radius 1 is 0.909 bits per heavy atom. The van der Waals surface area contributed by atoms with E-state index < -0.39 is 0 Å². The molecule has 0 bridgehead atoms. The van der Waals surface area contributed by atoms with Crippen molar-refractivity contribution < 1.29 is 5.11 Å². The van der Waals surface area contributed by atoms with Gasteiger partial charge in [0, 0.05) is 30.9 Å². The lowest BCUT2D eigenvalue weighted by atomic mass is 9.95. The van der Waals surface area contributed by atoms with Gasteiger partial charge < -0.3 is 10.0 Å². The molecule has 0 saturated heterocycles. The first kappa shape index (κ1) is 14.1. The highest BCUT2D eigenvalue weighted by Crippen LogP contribution is 2.29. The van der Waals surface area contributed by atoms with Crippen LogP contribution in [0, 0.1) is 5.41 Å². The van der Waals surface area contributed by atoms with Crippen molar-refractivity contribution in [2.45, 2.75) is 0 Å². The molecular weight excluding hydrogens is 272 g/mol. The second-order valence-corrected chi connectivity index (χ2v) is 5.50. The standard InChI is InChI=1S/C19H18N2O/c1-21(2)15-10-7-14(8-11-15)19(20)18-16-6-4-3-5-13(16)9-12-17(18)22/h3-12,20,22H,1-2H3. The van der Waals surface area contributed by atoms with E-state index in [4.69, 9.17) is 5.41 Å². The van der Waals surface area contributed by atoms with Gasteiger partial charge in [-0.3, -0.25) is 5.41 Å². The second kappa shape index (κ2) is 5.53. The van der Waals surface area contributed by atoms with Gasteiger partial charge in [0.2, 0.25) is 0 Å². The summed E-state index contributed by atoms with van der Waals surface area (Å²) in [4.78, 5) is 2.02. The molecule has 0 amide bonds. The Morgan fingerprint density at radius 2 is 1.59 bits per heavy atom. The number of phenolic OH excluding ortho intramolecular Hbond substituents is 1. The van der Waals surface area contributed by atoms with Crippen molar-refractivity contribution in [2.24, 2.45) is 0 Å². The molecule has 0 aromatic heterocycles. The fourth-order valence-corrected chi connectivity index (χ4v) is 2.59. The number of aromatic hydroxyl groups is 1. The molecule has 0 unspecified atom stereocenters. The maximum absolute atomic E-state index is 10.2. The molecule has 3 heteroatoms. The van der Waals surface area contributed by atoms with Gasteiger partial charge in [0.05, 0.1) is 5.71 Å². The number of hydrogen-bond donors (Lipinski definition) is 2. The van der Waals surface area contributed by atoms with E-state index in [0.29, 0.717) is 11.3 Å². The molecule has 0 aliphatic heterocycles. The van der Waals surface area contributed by atoms with E-state index in [9.17, 15) is 5.11 Å². The Bertz CT molecular complexity index is 836. The van der Waals surface area contributed by atoms with Crippen molar-refractivity contribution in [3.05, 3.63) is 71.8 Å². The predicted octanol–water partition coefficient (Wildman–Crippen LogP) is 4.03. The molecule has 0 heterocycles. The van der Waals surface area contributed by atoms with Crippen molar-refractivity contribution in [2.75, 3.05) is 19.0 Å². The third-order valence-electron chi connectivity index (χ3n) is 3.83. The summed E-state index contributed by atoms with van der Waals surface area (Å²) in [7, 11) is 3.97. The van der Waals surface area contributed by atoms with E-state index in [-0.39, 0.29) is 5.75 Å². The number of fused-ring (bicyclic) bond motifs is 1. The third kappa shape index (κ3) is 2.42. The highest BCUT2D eigenvalue weighted by Gasteiger charge is 2.13. The van der Waals surface area contributed by atoms with E-state index in [1.54, 1.807) is 6.07 Å². The maximum Gasteiger partial charge on any atom is 0.125 e. The third-order valence-corrected chi connectivity index (χ3v) is 3.83. The molecule has 0 atom stereocenters. The van der Waals surface area contributed by atoms with Crippen LogP contribution < -0.4 is 4.90 Å². The maximum atomic E-state index is 10.2. The van der Waals surface area contributed by atoms with Crippen molar-refractivity contribution >= 4 is 22.2 Å². The van der Waals surface area contributed by atoms with Crippen molar-refractivity contribution in [3.8, 4) is 5.75 Å². The molecule has 0 radical (unpaired) electrons. The average Bonchev–Trinajstić information content (AvgIpc) is 2.54. The van der Waals surface area contributed by atoms with Crippen molar-refractivity contribution in [1.82, 2.24) is 0 Å². The minimum absolute atomic E-state index is 0.139. The monoisotopic (exact) mass is 290 g/mol. The minimum atomic E-state index is 0.139. The van der Waals surface area contributed by atoms with Crippen LogP contribution in [0.4, 0.5) is 5.69 Å². The number of nitrogens with zero attached hydrogens (tertiary/aromatic N) is 1. The van der Waals surface area contributed by atoms with Crippen molar-refractivity contribution in [3.63, 3.8) is 0 Å². The first-order chi connectivity index (χ1) is 10.6. The molecular formula is C19H18N2O. The fraction of sp³-hybridized carbons (Fsp3) is 0.105. The number of anilines is 1. The van der Waals surface area contributed by atoms with Crippen LogP contribution in [0.3, 0.4) is 0 Å². The van der Waals surface area contributed by atoms with E-state index in [2.05, 4.69) is 0 Å². The number of nitrogens with one attached hydrogen (secondary N) is 1. The average molecular weight is 290 g/mol. The van der Waals surface area contributed by atoms with Crippen LogP contribution in [0.5, 0.6) is 5.75 Å². The zero-order chi connectivity index (χ0) is 15.7. The lowest BCUT2D eigenvalue weighted by Crippen LogP contribution is -2.09. The van der Waals surface area contributed by atoms with Gasteiger partial charge in [-0.1, -0.05) is 42.5 Å². The van der Waals surface area contributed by atoms with Gasteiger partial charge in [-0.25, -0.2) is 0 Å². The highest BCUT2D eigenvalue weighted by molar-refractivity contribution is 6.19. The molecule has 0 saturated carbocycles. The molecule has 0 aliphatic carbocycles. The van der Waals surface area contributed by atoms with Gasteiger partial charge >= 0.3 is 0 Å². The largest absolute Gasteiger partial charge is 0.507 e. The number of rotatable bonds is 3. The molecule has 2 N–H and O–H groups in total. The molecule has 0 spiro atoms. The zero-order valence-electron chi connectivity index (χ0n) is 12.7. The van der Waals surface area contributed by atoms with E-state index >= 15 is 0 Å². The Labute approximate surface area is 130 Å². The Kier molecular flexibility index (Phi) is 3.55. The van der Waals surface area contributed by atoms with Gasteiger partial charge in [-0.05, 0) is 29.0 Å². The first-order valence-corrected chi connectivity index (χ1v) is 7.15. The van der Waals surface area contributed by atoms with Crippen LogP contribution in [0.25, 0.3) is 10.8 Å². The molecule has 22 heavy (non-hydrogen) atoms. The molecule has 110 valence electrons. The molecule has 0 aliphatic rings. The molecule has 3 nitrogen and oxygen atoms in total. The molecule has 3 aromatic carbocycles. The number of benzene rings is 3. The Balaban J connectivity index is 2.10. The normalized spacial score (nSPS) is 10.6. The highest BCUT2D eigenvalue weighted by atomic mass is 16.3. The second-order valence-electron chi connectivity index (χ2n) is 5.50. The lowest BCUT2D eigenvalue weighted by Gasteiger charge is -2.14. The number of hydrogen-bond acceptors (Lipinski definition) is 3. The van der Waals surface area contributed by atoms with Crippen LogP contribution in [0.15, 0.2) is 60.7 Å². The Morgan fingerprint density at radius 3 is 2.27 bits per heavy atom. The minimum Gasteiger partial charge on any atom is -0.507 e. The van der Waals surface area contributed by atoms with E-state index in [1.165, 1.54) is 0 Å². The Hall–Kier alpha value is -2.81. The van der Waals surface area contributed by atoms with Crippen LogP contribution in [-0.2, 0) is 0 Å². The zero-order valence-corrected chi connectivity index (χ0v) is 12.7. The lowest BCUT2D eigenvalue weighted by molar-refractivity contribution is 0.475. The summed E-state index contributed by atoms with van der Waals surface area (Å²) in [5.74, 6) is 0.139. The smallest absolute Gasteiger partial charge is 0.125 e. The quantitative estimate of drug-likeness (QED) is 0.715. The number of phenols is 1. The SMILES string of the molecule is CN(C)c1ccc(C(=N)c2c(O)ccc3ccccc23)cc1. The van der Waals surface area contributed by atoms with Gasteiger partial charge in [-0.2, -0.15) is 0 Å². The summed E-state index contributed by atoms with van der Waals surface area (Å²) in [6.45, 7) is 0. The van der Waals surface area contributed by atoms with Crippen LogP contribution in [0.2, 0.25) is 0 Å². The van der Waals surface area contributed by atoms with Crippen molar-refractivity contribution in [1.29, 1.82) is 5.41 Å². The van der Waals surface area contributed by atoms with Gasteiger partial charge in [0.25, 0.3) is 0 Å². The summed E-state index contributed by atoms with van der Waals surface area (Å²) in [5, 5.41) is 20.6. The fourth-order valence-electron chi connectivity index (χ4n) is 2.59. The molecule has 0 fully saturated rings.